The summed E-state index contributed by atoms with van der Waals surface area (Å²) in [5.74, 6) is -1.08. The standard InChI is InChI=1S/C20H18F3N5O3S/c1-4-31-17-16(19(29)30)32-18(25-17)12-5-6-27-14(7-12)13(8-24-27)15-10(2)26-28(11(15)3)9-20(21,22)23/h5-8H,4,9H2,1-3H3,(H,29,30). The second kappa shape index (κ2) is 7.93. The summed E-state index contributed by atoms with van der Waals surface area (Å²) in [5, 5.41) is 18.2. The highest BCUT2D eigenvalue weighted by atomic mass is 32.1. The number of thiazole rings is 1. The second-order valence-electron chi connectivity index (χ2n) is 7.01. The van der Waals surface area contributed by atoms with Gasteiger partial charge in [-0.2, -0.15) is 23.4 Å². The minimum Gasteiger partial charge on any atom is -0.477 e. The molecule has 0 aliphatic carbocycles. The van der Waals surface area contributed by atoms with Gasteiger partial charge in [-0.3, -0.25) is 4.68 Å². The third kappa shape index (κ3) is 3.93. The van der Waals surface area contributed by atoms with Crippen LogP contribution in [0, 0.1) is 13.8 Å². The van der Waals surface area contributed by atoms with Crippen molar-refractivity contribution in [1.29, 1.82) is 0 Å². The summed E-state index contributed by atoms with van der Waals surface area (Å²) in [7, 11) is 0. The Hall–Kier alpha value is -3.41. The van der Waals surface area contributed by atoms with Crippen molar-refractivity contribution in [2.45, 2.75) is 33.5 Å². The van der Waals surface area contributed by atoms with Crippen LogP contribution in [0.2, 0.25) is 0 Å². The van der Waals surface area contributed by atoms with Gasteiger partial charge in [0.1, 0.15) is 11.6 Å². The van der Waals surface area contributed by atoms with Gasteiger partial charge in [-0.25, -0.2) is 14.3 Å². The summed E-state index contributed by atoms with van der Waals surface area (Å²) in [4.78, 5) is 15.8. The Morgan fingerprint density at radius 3 is 2.72 bits per heavy atom. The molecule has 168 valence electrons. The van der Waals surface area contributed by atoms with Crippen LogP contribution in [0.3, 0.4) is 0 Å². The van der Waals surface area contributed by atoms with E-state index in [1.807, 2.05) is 0 Å². The topological polar surface area (TPSA) is 94.5 Å². The summed E-state index contributed by atoms with van der Waals surface area (Å²) >= 11 is 0.983. The Labute approximate surface area is 183 Å². The zero-order chi connectivity index (χ0) is 23.2. The van der Waals surface area contributed by atoms with Crippen LogP contribution < -0.4 is 4.74 Å². The van der Waals surface area contributed by atoms with Crippen molar-refractivity contribution in [3.63, 3.8) is 0 Å². The molecule has 0 unspecified atom stereocenters. The first-order valence-corrected chi connectivity index (χ1v) is 10.4. The maximum atomic E-state index is 12.9. The molecule has 32 heavy (non-hydrogen) atoms. The molecule has 0 saturated carbocycles. The number of alkyl halides is 3. The molecule has 0 fully saturated rings. The fourth-order valence-electron chi connectivity index (χ4n) is 3.52. The molecule has 4 rings (SSSR count). The lowest BCUT2D eigenvalue weighted by molar-refractivity contribution is -0.142. The number of aryl methyl sites for hydroxylation is 1. The first kappa shape index (κ1) is 21.8. The molecule has 4 heterocycles. The van der Waals surface area contributed by atoms with Crippen LogP contribution in [0.5, 0.6) is 5.88 Å². The zero-order valence-electron chi connectivity index (χ0n) is 17.3. The first-order valence-electron chi connectivity index (χ1n) is 9.55. The predicted octanol–water partition coefficient (Wildman–Crippen LogP) is 4.60. The highest BCUT2D eigenvalue weighted by Gasteiger charge is 2.30. The van der Waals surface area contributed by atoms with Crippen LogP contribution in [-0.4, -0.2) is 48.2 Å². The average molecular weight is 465 g/mol. The summed E-state index contributed by atoms with van der Waals surface area (Å²) in [6, 6.07) is 3.50. The van der Waals surface area contributed by atoms with E-state index in [0.717, 1.165) is 16.0 Å². The smallest absolute Gasteiger partial charge is 0.408 e. The number of nitrogens with zero attached hydrogens (tertiary/aromatic N) is 5. The van der Waals surface area contributed by atoms with E-state index in [2.05, 4.69) is 15.2 Å². The molecule has 0 atom stereocenters. The molecule has 1 N–H and O–H groups in total. The number of fused-ring (bicyclic) bond motifs is 1. The van der Waals surface area contributed by atoms with Gasteiger partial charge in [-0.15, -0.1) is 11.3 Å². The molecule has 4 aromatic rings. The van der Waals surface area contributed by atoms with Crippen molar-refractivity contribution < 1.29 is 27.8 Å². The van der Waals surface area contributed by atoms with Gasteiger partial charge in [0, 0.05) is 28.6 Å². The lowest BCUT2D eigenvalue weighted by Crippen LogP contribution is -2.19. The lowest BCUT2D eigenvalue weighted by atomic mass is 10.0. The van der Waals surface area contributed by atoms with Gasteiger partial charge < -0.3 is 9.84 Å². The van der Waals surface area contributed by atoms with Crippen molar-refractivity contribution in [2.75, 3.05) is 6.61 Å². The molecule has 0 amide bonds. The zero-order valence-corrected chi connectivity index (χ0v) is 18.1. The van der Waals surface area contributed by atoms with Gasteiger partial charge >= 0.3 is 12.1 Å². The Morgan fingerprint density at radius 1 is 1.31 bits per heavy atom. The van der Waals surface area contributed by atoms with Gasteiger partial charge in [0.25, 0.3) is 0 Å². The quantitative estimate of drug-likeness (QED) is 0.447. The molecule has 0 aromatic carbocycles. The van der Waals surface area contributed by atoms with Gasteiger partial charge in [0.05, 0.1) is 24.0 Å². The van der Waals surface area contributed by atoms with Gasteiger partial charge in [-0.05, 0) is 32.9 Å². The average Bonchev–Trinajstić information content (AvgIpc) is 3.37. The van der Waals surface area contributed by atoms with Crippen LogP contribution in [0.15, 0.2) is 24.5 Å². The second-order valence-corrected chi connectivity index (χ2v) is 8.01. The van der Waals surface area contributed by atoms with Crippen LogP contribution in [0.1, 0.15) is 28.0 Å². The molecule has 0 aliphatic rings. The number of carbonyl (C=O) groups is 1. The van der Waals surface area contributed by atoms with E-state index >= 15 is 0 Å². The summed E-state index contributed by atoms with van der Waals surface area (Å²) in [6.07, 6.45) is -1.13. The number of ether oxygens (including phenoxy) is 1. The Bertz CT molecular complexity index is 1320. The number of halogens is 3. The molecular weight excluding hydrogens is 447 g/mol. The van der Waals surface area contributed by atoms with E-state index in [0.29, 0.717) is 38.6 Å². The highest BCUT2D eigenvalue weighted by Crippen LogP contribution is 2.36. The molecule has 8 nitrogen and oxygen atoms in total. The van der Waals surface area contributed by atoms with E-state index in [-0.39, 0.29) is 17.4 Å². The molecule has 0 aliphatic heterocycles. The summed E-state index contributed by atoms with van der Waals surface area (Å²) in [5.41, 5.74) is 3.28. The number of hydrogen-bond acceptors (Lipinski definition) is 6. The molecule has 0 spiro atoms. The third-order valence-electron chi connectivity index (χ3n) is 4.82. The summed E-state index contributed by atoms with van der Waals surface area (Å²) < 4.78 is 46.6. The molecule has 0 radical (unpaired) electrons. The fourth-order valence-corrected chi connectivity index (χ4v) is 4.36. The van der Waals surface area contributed by atoms with E-state index in [9.17, 15) is 23.1 Å². The number of aromatic carboxylic acids is 1. The maximum Gasteiger partial charge on any atom is 0.408 e. The van der Waals surface area contributed by atoms with Crippen molar-refractivity contribution in [2.24, 2.45) is 0 Å². The fraction of sp³-hybridized carbons (Fsp3) is 0.300. The van der Waals surface area contributed by atoms with E-state index in [1.54, 1.807) is 49.8 Å². The molecule has 0 saturated heterocycles. The monoisotopic (exact) mass is 465 g/mol. The molecular formula is C20H18F3N5O3S. The van der Waals surface area contributed by atoms with Crippen LogP contribution in [0.25, 0.3) is 27.2 Å². The normalized spacial score (nSPS) is 11.9. The predicted molar refractivity (Wildman–Crippen MR) is 111 cm³/mol. The largest absolute Gasteiger partial charge is 0.477 e. The van der Waals surface area contributed by atoms with Crippen molar-refractivity contribution >= 4 is 22.8 Å². The minimum atomic E-state index is -4.39. The van der Waals surface area contributed by atoms with Crippen LogP contribution in [0.4, 0.5) is 13.2 Å². The Balaban J connectivity index is 1.82. The minimum absolute atomic E-state index is 0.00410. The van der Waals surface area contributed by atoms with Crippen LogP contribution in [-0.2, 0) is 6.54 Å². The third-order valence-corrected chi connectivity index (χ3v) is 5.89. The number of carboxylic acid groups (broad SMARTS) is 1. The number of rotatable bonds is 6. The molecule has 4 aromatic heterocycles. The van der Waals surface area contributed by atoms with Gasteiger partial charge in [0.15, 0.2) is 4.88 Å². The Kier molecular flexibility index (Phi) is 5.41. The maximum absolute atomic E-state index is 12.9. The van der Waals surface area contributed by atoms with Gasteiger partial charge in [-0.1, -0.05) is 0 Å². The van der Waals surface area contributed by atoms with Gasteiger partial charge in [0.2, 0.25) is 5.88 Å². The Morgan fingerprint density at radius 2 is 2.06 bits per heavy atom. The SMILES string of the molecule is CCOc1nc(-c2ccn3ncc(-c4c(C)nn(CC(F)(F)F)c4C)c3c2)sc1C(=O)O. The number of aromatic nitrogens is 5. The van der Waals surface area contributed by atoms with E-state index < -0.39 is 18.7 Å². The number of carboxylic acids is 1. The van der Waals surface area contributed by atoms with Crippen molar-refractivity contribution in [3.05, 3.63) is 40.8 Å². The van der Waals surface area contributed by atoms with Crippen molar-refractivity contribution in [1.82, 2.24) is 24.4 Å². The highest BCUT2D eigenvalue weighted by molar-refractivity contribution is 7.17. The van der Waals surface area contributed by atoms with E-state index in [4.69, 9.17) is 4.74 Å². The molecule has 12 heteroatoms. The van der Waals surface area contributed by atoms with Crippen LogP contribution >= 0.6 is 11.3 Å². The number of pyridine rings is 1. The van der Waals surface area contributed by atoms with E-state index in [1.165, 1.54) is 0 Å². The summed E-state index contributed by atoms with van der Waals surface area (Å²) in [6.45, 7) is 4.07. The molecule has 0 bridgehead atoms. The number of hydrogen-bond donors (Lipinski definition) is 1. The first-order chi connectivity index (χ1) is 15.1. The lowest BCUT2D eigenvalue weighted by Gasteiger charge is -2.08. The van der Waals surface area contributed by atoms with Crippen molar-refractivity contribution in [3.8, 4) is 27.6 Å².